The van der Waals surface area contributed by atoms with Crippen LogP contribution in [-0.2, 0) is 0 Å². The first-order valence-electron chi connectivity index (χ1n) is 9.31. The highest BCUT2D eigenvalue weighted by atomic mass is 35.5. The van der Waals surface area contributed by atoms with Crippen molar-refractivity contribution < 1.29 is 9.18 Å². The molecule has 0 aliphatic carbocycles. The SMILES string of the molecule is Cc1c(C(=O)NCC(N)c2ccc(C(C)C)cc2)cnn1-c1ccccc1F.Cl. The fourth-order valence-corrected chi connectivity index (χ4v) is 3.04. The number of nitrogens with zero attached hydrogens (tertiary/aromatic N) is 2. The highest BCUT2D eigenvalue weighted by molar-refractivity contribution is 5.95. The summed E-state index contributed by atoms with van der Waals surface area (Å²) < 4.78 is 15.4. The van der Waals surface area contributed by atoms with Crippen LogP contribution in [0.4, 0.5) is 4.39 Å². The van der Waals surface area contributed by atoms with E-state index in [0.29, 0.717) is 29.4 Å². The van der Waals surface area contributed by atoms with Crippen LogP contribution in [0.25, 0.3) is 5.69 Å². The van der Waals surface area contributed by atoms with E-state index in [0.717, 1.165) is 5.56 Å². The van der Waals surface area contributed by atoms with Gasteiger partial charge in [-0.2, -0.15) is 5.10 Å². The average molecular weight is 417 g/mol. The Labute approximate surface area is 176 Å². The number of nitrogens with one attached hydrogen (secondary N) is 1. The van der Waals surface area contributed by atoms with Crippen LogP contribution in [0, 0.1) is 12.7 Å². The van der Waals surface area contributed by atoms with Gasteiger partial charge >= 0.3 is 0 Å². The Bertz CT molecular complexity index is 969. The quantitative estimate of drug-likeness (QED) is 0.629. The number of carbonyl (C=O) groups is 1. The Hall–Kier alpha value is -2.70. The summed E-state index contributed by atoms with van der Waals surface area (Å²) in [5, 5.41) is 7.01. The molecule has 5 nitrogen and oxygen atoms in total. The zero-order valence-corrected chi connectivity index (χ0v) is 17.5. The van der Waals surface area contributed by atoms with Gasteiger partial charge in [-0.3, -0.25) is 4.79 Å². The fourth-order valence-electron chi connectivity index (χ4n) is 3.04. The van der Waals surface area contributed by atoms with Gasteiger partial charge in [-0.1, -0.05) is 50.2 Å². The molecule has 1 unspecified atom stereocenters. The van der Waals surface area contributed by atoms with E-state index in [4.69, 9.17) is 5.73 Å². The number of halogens is 2. The minimum Gasteiger partial charge on any atom is -0.350 e. The van der Waals surface area contributed by atoms with E-state index < -0.39 is 5.82 Å². The Morgan fingerprint density at radius 3 is 2.38 bits per heavy atom. The predicted octanol–water partition coefficient (Wildman–Crippen LogP) is 4.29. The molecule has 29 heavy (non-hydrogen) atoms. The third-order valence-corrected chi connectivity index (χ3v) is 4.85. The van der Waals surface area contributed by atoms with Gasteiger partial charge in [0.25, 0.3) is 5.91 Å². The van der Waals surface area contributed by atoms with Crippen LogP contribution in [0.5, 0.6) is 0 Å². The molecule has 7 heteroatoms. The van der Waals surface area contributed by atoms with E-state index in [1.807, 2.05) is 12.1 Å². The van der Waals surface area contributed by atoms with Crippen molar-refractivity contribution in [1.82, 2.24) is 15.1 Å². The normalized spacial score (nSPS) is 11.8. The van der Waals surface area contributed by atoms with Crippen molar-refractivity contribution in [1.29, 1.82) is 0 Å². The smallest absolute Gasteiger partial charge is 0.254 e. The molecule has 0 fully saturated rings. The third-order valence-electron chi connectivity index (χ3n) is 4.85. The van der Waals surface area contributed by atoms with Crippen LogP contribution in [0.15, 0.2) is 54.7 Å². The molecular formula is C22H26ClFN4O. The number of benzene rings is 2. The van der Waals surface area contributed by atoms with Gasteiger partial charge < -0.3 is 11.1 Å². The number of hydrogen-bond donors (Lipinski definition) is 2. The Morgan fingerprint density at radius 1 is 1.14 bits per heavy atom. The van der Waals surface area contributed by atoms with E-state index in [-0.39, 0.29) is 24.4 Å². The van der Waals surface area contributed by atoms with Gasteiger partial charge in [0.15, 0.2) is 0 Å². The monoisotopic (exact) mass is 416 g/mol. The zero-order valence-electron chi connectivity index (χ0n) is 16.7. The Balaban J connectivity index is 0.00000300. The zero-order chi connectivity index (χ0) is 20.3. The Kier molecular flexibility index (Phi) is 7.53. The summed E-state index contributed by atoms with van der Waals surface area (Å²) in [5.74, 6) is -0.221. The number of para-hydroxylation sites is 1. The topological polar surface area (TPSA) is 72.9 Å². The second kappa shape index (κ2) is 9.67. The van der Waals surface area contributed by atoms with Crippen molar-refractivity contribution in [2.75, 3.05) is 6.54 Å². The molecule has 0 saturated heterocycles. The van der Waals surface area contributed by atoms with Crippen molar-refractivity contribution in [2.45, 2.75) is 32.7 Å². The van der Waals surface area contributed by atoms with Gasteiger partial charge in [-0.05, 0) is 36.1 Å². The summed E-state index contributed by atoms with van der Waals surface area (Å²) >= 11 is 0. The molecule has 3 rings (SSSR count). The van der Waals surface area contributed by atoms with Crippen LogP contribution in [0.1, 0.15) is 53.0 Å². The highest BCUT2D eigenvalue weighted by Gasteiger charge is 2.17. The van der Waals surface area contributed by atoms with Crippen LogP contribution >= 0.6 is 12.4 Å². The summed E-state index contributed by atoms with van der Waals surface area (Å²) in [6, 6.07) is 14.1. The first kappa shape index (κ1) is 22.6. The molecule has 0 aliphatic rings. The Morgan fingerprint density at radius 2 is 1.76 bits per heavy atom. The molecule has 0 saturated carbocycles. The van der Waals surface area contributed by atoms with Crippen molar-refractivity contribution in [2.24, 2.45) is 5.73 Å². The third kappa shape index (κ3) is 5.02. The molecule has 0 aliphatic heterocycles. The van der Waals surface area contributed by atoms with E-state index >= 15 is 0 Å². The van der Waals surface area contributed by atoms with Gasteiger partial charge in [-0.15, -0.1) is 12.4 Å². The van der Waals surface area contributed by atoms with Crippen LogP contribution < -0.4 is 11.1 Å². The van der Waals surface area contributed by atoms with Crippen LogP contribution in [-0.4, -0.2) is 22.2 Å². The van der Waals surface area contributed by atoms with Crippen molar-refractivity contribution in [3.63, 3.8) is 0 Å². The maximum absolute atomic E-state index is 14.0. The summed E-state index contributed by atoms with van der Waals surface area (Å²) in [6.45, 7) is 6.31. The number of carbonyl (C=O) groups excluding carboxylic acids is 1. The average Bonchev–Trinajstić information content (AvgIpc) is 3.07. The number of amides is 1. The van der Waals surface area contributed by atoms with Gasteiger partial charge in [-0.25, -0.2) is 9.07 Å². The molecule has 1 atom stereocenters. The molecule has 0 radical (unpaired) electrons. The lowest BCUT2D eigenvalue weighted by Gasteiger charge is -2.14. The number of aromatic nitrogens is 2. The van der Waals surface area contributed by atoms with E-state index in [9.17, 15) is 9.18 Å². The molecule has 3 aromatic rings. The molecule has 0 bridgehead atoms. The lowest BCUT2D eigenvalue weighted by atomic mass is 9.99. The molecule has 2 aromatic carbocycles. The molecule has 1 heterocycles. The first-order chi connectivity index (χ1) is 13.4. The molecule has 3 N–H and O–H groups in total. The number of rotatable bonds is 6. The minimum absolute atomic E-state index is 0. The lowest BCUT2D eigenvalue weighted by molar-refractivity contribution is 0.0950. The van der Waals surface area contributed by atoms with Crippen LogP contribution in [0.3, 0.4) is 0 Å². The van der Waals surface area contributed by atoms with Crippen LogP contribution in [0.2, 0.25) is 0 Å². The maximum atomic E-state index is 14.0. The van der Waals surface area contributed by atoms with Gasteiger partial charge in [0, 0.05) is 12.6 Å². The van der Waals surface area contributed by atoms with Crippen molar-refractivity contribution in [3.8, 4) is 5.69 Å². The summed E-state index contributed by atoms with van der Waals surface area (Å²) in [7, 11) is 0. The summed E-state index contributed by atoms with van der Waals surface area (Å²) in [5.41, 5.74) is 9.69. The highest BCUT2D eigenvalue weighted by Crippen LogP contribution is 2.19. The predicted molar refractivity (Wildman–Crippen MR) is 115 cm³/mol. The first-order valence-corrected chi connectivity index (χ1v) is 9.31. The number of nitrogens with two attached hydrogens (primary N) is 1. The van der Waals surface area contributed by atoms with Crippen molar-refractivity contribution >= 4 is 18.3 Å². The summed E-state index contributed by atoms with van der Waals surface area (Å²) in [4.78, 5) is 12.6. The molecule has 0 spiro atoms. The second-order valence-corrected chi connectivity index (χ2v) is 7.14. The fraction of sp³-hybridized carbons (Fsp3) is 0.273. The largest absolute Gasteiger partial charge is 0.350 e. The molecular weight excluding hydrogens is 391 g/mol. The van der Waals surface area contributed by atoms with Crippen molar-refractivity contribution in [3.05, 3.63) is 82.9 Å². The summed E-state index contributed by atoms with van der Waals surface area (Å²) in [6.07, 6.45) is 1.44. The van der Waals surface area contributed by atoms with E-state index in [2.05, 4.69) is 36.4 Å². The number of hydrogen-bond acceptors (Lipinski definition) is 3. The second-order valence-electron chi connectivity index (χ2n) is 7.14. The molecule has 1 aromatic heterocycles. The van der Waals surface area contributed by atoms with Gasteiger partial charge in [0.05, 0.1) is 17.5 Å². The molecule has 154 valence electrons. The van der Waals surface area contributed by atoms with E-state index in [1.54, 1.807) is 25.1 Å². The minimum atomic E-state index is -0.396. The lowest BCUT2D eigenvalue weighted by Crippen LogP contribution is -2.32. The van der Waals surface area contributed by atoms with Gasteiger partial charge in [0.1, 0.15) is 11.5 Å². The standard InChI is InChI=1S/C22H25FN4O.ClH/c1-14(2)16-8-10-17(11-9-16)20(24)13-25-22(28)18-12-26-27(15(18)3)21-7-5-4-6-19(21)23;/h4-12,14,20H,13,24H2,1-3H3,(H,25,28);1H. The van der Waals surface area contributed by atoms with E-state index in [1.165, 1.54) is 22.5 Å². The van der Waals surface area contributed by atoms with Gasteiger partial charge in [0.2, 0.25) is 0 Å². The molecule has 1 amide bonds. The maximum Gasteiger partial charge on any atom is 0.254 e.